The van der Waals surface area contributed by atoms with E-state index in [1.807, 2.05) is 0 Å². The second-order valence-electron chi connectivity index (χ2n) is 1.15. The topological polar surface area (TPSA) is 86.5 Å². The molecule has 5 nitrogen and oxygen atoms in total. The van der Waals surface area contributed by atoms with Crippen LogP contribution in [0.4, 0.5) is 0 Å². The largest absolute Gasteiger partial charge is 0.329 e. The van der Waals surface area contributed by atoms with E-state index in [-0.39, 0.29) is 11.7 Å². The number of aromatic nitrogens is 2. The van der Waals surface area contributed by atoms with Gasteiger partial charge < -0.3 is 4.52 Å². The standard InChI is InChI=1S/C4N4O/c5-1-3-7-4(2-6)9-8-3. The van der Waals surface area contributed by atoms with E-state index in [2.05, 4.69) is 14.7 Å². The van der Waals surface area contributed by atoms with Crippen LogP contribution in [0.3, 0.4) is 0 Å². The fraction of sp³-hybridized carbons (Fsp3) is 0. The summed E-state index contributed by atoms with van der Waals surface area (Å²) < 4.78 is 4.26. The predicted octanol–water partition coefficient (Wildman–Crippen LogP) is -0.187. The van der Waals surface area contributed by atoms with Crippen molar-refractivity contribution in [3.05, 3.63) is 11.7 Å². The minimum atomic E-state index is -0.188. The van der Waals surface area contributed by atoms with Gasteiger partial charge in [0.25, 0.3) is 5.82 Å². The first-order valence-electron chi connectivity index (χ1n) is 2.00. The molecule has 0 aromatic carbocycles. The Bertz CT molecular complexity index is 260. The van der Waals surface area contributed by atoms with Crippen molar-refractivity contribution in [2.24, 2.45) is 0 Å². The molecular weight excluding hydrogens is 120 g/mol. The van der Waals surface area contributed by atoms with E-state index >= 15 is 0 Å². The number of rotatable bonds is 0. The summed E-state index contributed by atoms with van der Waals surface area (Å²) in [7, 11) is 0. The van der Waals surface area contributed by atoms with Gasteiger partial charge >= 0.3 is 5.89 Å². The highest BCUT2D eigenvalue weighted by molar-refractivity contribution is 5.12. The molecule has 0 bridgehead atoms. The number of nitriles is 2. The monoisotopic (exact) mass is 120 g/mol. The molecule has 0 unspecified atom stereocenters. The van der Waals surface area contributed by atoms with Crippen LogP contribution in [0, 0.1) is 22.7 Å². The third-order valence-corrected chi connectivity index (χ3v) is 0.622. The Kier molecular flexibility index (Phi) is 1.13. The van der Waals surface area contributed by atoms with Crippen LogP contribution in [0.5, 0.6) is 0 Å². The Balaban J connectivity index is 3.08. The van der Waals surface area contributed by atoms with E-state index in [1.54, 1.807) is 12.1 Å². The maximum absolute atomic E-state index is 8.10. The lowest BCUT2D eigenvalue weighted by Gasteiger charge is -1.60. The lowest BCUT2D eigenvalue weighted by Crippen LogP contribution is -1.74. The lowest BCUT2D eigenvalue weighted by atomic mass is 10.7. The molecule has 1 rings (SSSR count). The minimum absolute atomic E-state index is 0.119. The Morgan fingerprint density at radius 3 is 2.44 bits per heavy atom. The van der Waals surface area contributed by atoms with Crippen molar-refractivity contribution >= 4 is 0 Å². The zero-order valence-corrected chi connectivity index (χ0v) is 4.20. The highest BCUT2D eigenvalue weighted by Crippen LogP contribution is 1.90. The van der Waals surface area contributed by atoms with E-state index < -0.39 is 0 Å². The van der Waals surface area contributed by atoms with Gasteiger partial charge in [-0.3, -0.25) is 0 Å². The fourth-order valence-electron chi connectivity index (χ4n) is 0.314. The fourth-order valence-corrected chi connectivity index (χ4v) is 0.314. The molecule has 1 heterocycles. The molecule has 0 spiro atoms. The molecular formula is C4N4O. The molecule has 0 atom stereocenters. The third-order valence-electron chi connectivity index (χ3n) is 0.622. The molecule has 0 aliphatic heterocycles. The van der Waals surface area contributed by atoms with Gasteiger partial charge in [0.2, 0.25) is 0 Å². The van der Waals surface area contributed by atoms with Gasteiger partial charge in [0.15, 0.2) is 6.07 Å². The average Bonchev–Trinajstić information content (AvgIpc) is 2.34. The van der Waals surface area contributed by atoms with E-state index in [9.17, 15) is 0 Å². The normalized spacial score (nSPS) is 7.78. The molecule has 0 aliphatic rings. The van der Waals surface area contributed by atoms with Gasteiger partial charge in [0.05, 0.1) is 0 Å². The lowest BCUT2D eigenvalue weighted by molar-refractivity contribution is 0.404. The Morgan fingerprint density at radius 1 is 1.33 bits per heavy atom. The SMILES string of the molecule is N#Cc1noc(C#N)n1. The first-order chi connectivity index (χ1) is 4.36. The van der Waals surface area contributed by atoms with Crippen molar-refractivity contribution in [2.75, 3.05) is 0 Å². The number of hydrogen-bond acceptors (Lipinski definition) is 5. The number of nitrogens with zero attached hydrogens (tertiary/aromatic N) is 4. The van der Waals surface area contributed by atoms with E-state index in [0.29, 0.717) is 0 Å². The molecule has 0 radical (unpaired) electrons. The zero-order valence-electron chi connectivity index (χ0n) is 4.20. The van der Waals surface area contributed by atoms with Crippen LogP contribution < -0.4 is 0 Å². The van der Waals surface area contributed by atoms with Crippen LogP contribution >= 0.6 is 0 Å². The maximum atomic E-state index is 8.10. The summed E-state index contributed by atoms with van der Waals surface area (Å²) in [5.74, 6) is -0.307. The highest BCUT2D eigenvalue weighted by atomic mass is 16.5. The molecule has 0 N–H and O–H groups in total. The Labute approximate surface area is 50.1 Å². The average molecular weight is 120 g/mol. The summed E-state index contributed by atoms with van der Waals surface area (Å²) in [6, 6.07) is 3.20. The maximum Gasteiger partial charge on any atom is 0.329 e. The minimum Gasteiger partial charge on any atom is -0.322 e. The summed E-state index contributed by atoms with van der Waals surface area (Å²) in [4.78, 5) is 3.35. The Morgan fingerprint density at radius 2 is 2.11 bits per heavy atom. The molecule has 0 aliphatic carbocycles. The van der Waals surface area contributed by atoms with Gasteiger partial charge in [-0.25, -0.2) is 0 Å². The number of hydrogen-bond donors (Lipinski definition) is 0. The molecule has 0 fully saturated rings. The van der Waals surface area contributed by atoms with Crippen LogP contribution in [-0.2, 0) is 0 Å². The van der Waals surface area contributed by atoms with Crippen molar-refractivity contribution in [1.82, 2.24) is 10.1 Å². The van der Waals surface area contributed by atoms with Crippen molar-refractivity contribution in [3.8, 4) is 12.1 Å². The summed E-state index contributed by atoms with van der Waals surface area (Å²) in [5, 5.41) is 19.3. The van der Waals surface area contributed by atoms with Crippen LogP contribution in [-0.4, -0.2) is 10.1 Å². The molecule has 1 aromatic heterocycles. The van der Waals surface area contributed by atoms with Gasteiger partial charge in [-0.05, 0) is 5.16 Å². The second-order valence-corrected chi connectivity index (χ2v) is 1.15. The molecule has 0 saturated heterocycles. The van der Waals surface area contributed by atoms with Crippen LogP contribution in [0.2, 0.25) is 0 Å². The van der Waals surface area contributed by atoms with Crippen LogP contribution in [0.15, 0.2) is 4.52 Å². The molecule has 5 heteroatoms. The van der Waals surface area contributed by atoms with E-state index in [0.717, 1.165) is 0 Å². The van der Waals surface area contributed by atoms with E-state index in [4.69, 9.17) is 10.5 Å². The van der Waals surface area contributed by atoms with Crippen molar-refractivity contribution in [3.63, 3.8) is 0 Å². The van der Waals surface area contributed by atoms with Gasteiger partial charge in [0, 0.05) is 0 Å². The second kappa shape index (κ2) is 1.93. The molecule has 0 saturated carbocycles. The third kappa shape index (κ3) is 0.840. The van der Waals surface area contributed by atoms with Gasteiger partial charge in [-0.1, -0.05) is 0 Å². The van der Waals surface area contributed by atoms with Crippen molar-refractivity contribution in [2.45, 2.75) is 0 Å². The molecule has 1 aromatic rings. The van der Waals surface area contributed by atoms with Crippen molar-refractivity contribution < 1.29 is 4.52 Å². The molecule has 0 amide bonds. The zero-order chi connectivity index (χ0) is 6.69. The first-order valence-corrected chi connectivity index (χ1v) is 2.00. The van der Waals surface area contributed by atoms with Gasteiger partial charge in [-0.2, -0.15) is 15.5 Å². The summed E-state index contributed by atoms with van der Waals surface area (Å²) in [6.45, 7) is 0. The molecule has 42 valence electrons. The van der Waals surface area contributed by atoms with Crippen LogP contribution in [0.25, 0.3) is 0 Å². The summed E-state index contributed by atoms with van der Waals surface area (Å²) in [6.07, 6.45) is 0. The molecule has 9 heavy (non-hydrogen) atoms. The van der Waals surface area contributed by atoms with E-state index in [1.165, 1.54) is 0 Å². The van der Waals surface area contributed by atoms with Crippen molar-refractivity contribution in [1.29, 1.82) is 10.5 Å². The summed E-state index contributed by atoms with van der Waals surface area (Å²) >= 11 is 0. The van der Waals surface area contributed by atoms with Crippen LogP contribution in [0.1, 0.15) is 11.7 Å². The predicted molar refractivity (Wildman–Crippen MR) is 23.7 cm³/mol. The van der Waals surface area contributed by atoms with Gasteiger partial charge in [-0.15, -0.1) is 0 Å². The quantitative estimate of drug-likeness (QED) is 0.473. The van der Waals surface area contributed by atoms with Gasteiger partial charge in [0.1, 0.15) is 6.07 Å². The first kappa shape index (κ1) is 5.26. The smallest absolute Gasteiger partial charge is 0.322 e. The summed E-state index contributed by atoms with van der Waals surface area (Å²) in [5.41, 5.74) is 0. The highest BCUT2D eigenvalue weighted by Gasteiger charge is 2.00. The Hall–Kier alpha value is -1.88.